The summed E-state index contributed by atoms with van der Waals surface area (Å²) in [6.07, 6.45) is 9.78. The van der Waals surface area contributed by atoms with Crippen molar-refractivity contribution in [2.24, 2.45) is 5.92 Å². The van der Waals surface area contributed by atoms with Crippen LogP contribution in [0.1, 0.15) is 58.8 Å². The van der Waals surface area contributed by atoms with E-state index in [0.717, 1.165) is 25.0 Å². The summed E-state index contributed by atoms with van der Waals surface area (Å²) in [4.78, 5) is 0. The Labute approximate surface area is 102 Å². The highest BCUT2D eigenvalue weighted by Crippen LogP contribution is 2.17. The summed E-state index contributed by atoms with van der Waals surface area (Å²) in [6, 6.07) is 0.859. The van der Waals surface area contributed by atoms with Crippen molar-refractivity contribution in [2.45, 2.75) is 64.8 Å². The number of nitrogens with one attached hydrogen (secondary N) is 2. The average Bonchev–Trinajstić information content (AvgIpc) is 3.04. The molecule has 0 aromatic carbocycles. The van der Waals surface area contributed by atoms with Crippen LogP contribution >= 0.6 is 0 Å². The van der Waals surface area contributed by atoms with Crippen molar-refractivity contribution in [1.29, 1.82) is 0 Å². The van der Waals surface area contributed by atoms with E-state index in [2.05, 4.69) is 24.5 Å². The molecule has 0 aromatic heterocycles. The van der Waals surface area contributed by atoms with Gasteiger partial charge in [-0.2, -0.15) is 0 Å². The van der Waals surface area contributed by atoms with Gasteiger partial charge in [0.25, 0.3) is 0 Å². The van der Waals surface area contributed by atoms with E-state index < -0.39 is 0 Å². The van der Waals surface area contributed by atoms with Crippen LogP contribution in [-0.4, -0.2) is 25.7 Å². The largest absolute Gasteiger partial charge is 0.315 e. The molecule has 2 nitrogen and oxygen atoms in total. The Morgan fingerprint density at radius 1 is 0.938 bits per heavy atom. The van der Waals surface area contributed by atoms with Crippen LogP contribution in [0.3, 0.4) is 0 Å². The number of hydrogen-bond acceptors (Lipinski definition) is 2. The molecule has 0 atom stereocenters. The fraction of sp³-hybridized carbons (Fsp3) is 1.00. The Hall–Kier alpha value is -0.0800. The van der Waals surface area contributed by atoms with Crippen LogP contribution in [0, 0.1) is 5.92 Å². The predicted molar refractivity (Wildman–Crippen MR) is 71.8 cm³/mol. The molecule has 0 amide bonds. The molecule has 1 aliphatic rings. The standard InChI is InChI=1S/C14H30N2/c1-13(2)7-5-3-4-6-10-15-11-12-16-14-8-9-14/h13-16H,3-12H2,1-2H3. The van der Waals surface area contributed by atoms with Crippen molar-refractivity contribution in [3.8, 4) is 0 Å². The third-order valence-electron chi connectivity index (χ3n) is 3.20. The molecule has 2 heteroatoms. The lowest BCUT2D eigenvalue weighted by Gasteiger charge is -2.06. The van der Waals surface area contributed by atoms with E-state index in [4.69, 9.17) is 0 Å². The molecule has 1 aliphatic carbocycles. The molecule has 0 saturated heterocycles. The van der Waals surface area contributed by atoms with E-state index in [1.54, 1.807) is 0 Å². The summed E-state index contributed by atoms with van der Waals surface area (Å²) in [5.41, 5.74) is 0. The highest BCUT2D eigenvalue weighted by Gasteiger charge is 2.19. The molecular weight excluding hydrogens is 196 g/mol. The average molecular weight is 226 g/mol. The molecule has 0 radical (unpaired) electrons. The molecule has 0 unspecified atom stereocenters. The van der Waals surface area contributed by atoms with Crippen LogP contribution in [-0.2, 0) is 0 Å². The van der Waals surface area contributed by atoms with Crippen LogP contribution < -0.4 is 10.6 Å². The molecule has 0 bridgehead atoms. The summed E-state index contributed by atoms with van der Waals surface area (Å²) in [6.45, 7) is 8.12. The highest BCUT2D eigenvalue weighted by molar-refractivity contribution is 4.80. The Kier molecular flexibility index (Phi) is 7.87. The van der Waals surface area contributed by atoms with E-state index in [9.17, 15) is 0 Å². The fourth-order valence-corrected chi connectivity index (χ4v) is 1.93. The second kappa shape index (κ2) is 9.00. The SMILES string of the molecule is CC(C)CCCCCCNCCNC1CC1. The van der Waals surface area contributed by atoms with Crippen molar-refractivity contribution in [2.75, 3.05) is 19.6 Å². The molecule has 0 aliphatic heterocycles. The molecule has 0 heterocycles. The molecule has 2 N–H and O–H groups in total. The number of unbranched alkanes of at least 4 members (excludes halogenated alkanes) is 3. The van der Waals surface area contributed by atoms with E-state index in [1.807, 2.05) is 0 Å². The minimum Gasteiger partial charge on any atom is -0.315 e. The maximum atomic E-state index is 3.52. The third-order valence-corrected chi connectivity index (χ3v) is 3.20. The molecule has 96 valence electrons. The van der Waals surface area contributed by atoms with Crippen molar-refractivity contribution in [3.63, 3.8) is 0 Å². The van der Waals surface area contributed by atoms with Gasteiger partial charge in [-0.25, -0.2) is 0 Å². The van der Waals surface area contributed by atoms with E-state index >= 15 is 0 Å². The molecule has 0 spiro atoms. The quantitative estimate of drug-likeness (QED) is 0.529. The van der Waals surface area contributed by atoms with Crippen LogP contribution in [0.25, 0.3) is 0 Å². The first-order valence-electron chi connectivity index (χ1n) is 7.23. The zero-order valence-electron chi connectivity index (χ0n) is 11.2. The van der Waals surface area contributed by atoms with Crippen molar-refractivity contribution < 1.29 is 0 Å². The maximum Gasteiger partial charge on any atom is 0.00793 e. The lowest BCUT2D eigenvalue weighted by Crippen LogP contribution is -2.29. The van der Waals surface area contributed by atoms with E-state index in [-0.39, 0.29) is 0 Å². The number of hydrogen-bond donors (Lipinski definition) is 2. The van der Waals surface area contributed by atoms with Crippen molar-refractivity contribution in [1.82, 2.24) is 10.6 Å². The Morgan fingerprint density at radius 3 is 2.38 bits per heavy atom. The minimum absolute atomic E-state index is 0.859. The van der Waals surface area contributed by atoms with Crippen LogP contribution in [0.2, 0.25) is 0 Å². The molecule has 1 saturated carbocycles. The Morgan fingerprint density at radius 2 is 1.69 bits per heavy atom. The first-order chi connectivity index (χ1) is 7.79. The third kappa shape index (κ3) is 9.17. The van der Waals surface area contributed by atoms with Crippen molar-refractivity contribution >= 4 is 0 Å². The van der Waals surface area contributed by atoms with Gasteiger partial charge in [-0.15, -0.1) is 0 Å². The summed E-state index contributed by atoms with van der Waals surface area (Å²) >= 11 is 0. The van der Waals surface area contributed by atoms with Gasteiger partial charge < -0.3 is 10.6 Å². The summed E-state index contributed by atoms with van der Waals surface area (Å²) in [7, 11) is 0. The summed E-state index contributed by atoms with van der Waals surface area (Å²) < 4.78 is 0. The zero-order valence-corrected chi connectivity index (χ0v) is 11.2. The Balaban J connectivity index is 1.64. The second-order valence-corrected chi connectivity index (χ2v) is 5.58. The fourth-order valence-electron chi connectivity index (χ4n) is 1.93. The highest BCUT2D eigenvalue weighted by atomic mass is 15.0. The van der Waals surface area contributed by atoms with Gasteiger partial charge in [0.2, 0.25) is 0 Å². The van der Waals surface area contributed by atoms with Crippen LogP contribution in [0.5, 0.6) is 0 Å². The van der Waals surface area contributed by atoms with Gasteiger partial charge in [-0.1, -0.05) is 39.5 Å². The minimum atomic E-state index is 0.859. The molecule has 1 rings (SSSR count). The first-order valence-corrected chi connectivity index (χ1v) is 7.23. The Bertz CT molecular complexity index is 143. The second-order valence-electron chi connectivity index (χ2n) is 5.58. The molecular formula is C14H30N2. The normalized spacial score (nSPS) is 15.9. The topological polar surface area (TPSA) is 24.1 Å². The van der Waals surface area contributed by atoms with Crippen LogP contribution in [0.4, 0.5) is 0 Å². The lowest BCUT2D eigenvalue weighted by molar-refractivity contribution is 0.510. The lowest BCUT2D eigenvalue weighted by atomic mass is 10.0. The molecule has 16 heavy (non-hydrogen) atoms. The van der Waals surface area contributed by atoms with E-state index in [0.29, 0.717) is 0 Å². The van der Waals surface area contributed by atoms with E-state index in [1.165, 1.54) is 51.5 Å². The van der Waals surface area contributed by atoms with Gasteiger partial charge in [0.05, 0.1) is 0 Å². The maximum absolute atomic E-state index is 3.52. The smallest absolute Gasteiger partial charge is 0.00793 e. The predicted octanol–water partition coefficient (Wildman–Crippen LogP) is 2.93. The zero-order chi connectivity index (χ0) is 11.6. The van der Waals surface area contributed by atoms with Gasteiger partial charge in [0.1, 0.15) is 0 Å². The van der Waals surface area contributed by atoms with Crippen molar-refractivity contribution in [3.05, 3.63) is 0 Å². The van der Waals surface area contributed by atoms with Gasteiger partial charge in [-0.05, 0) is 31.7 Å². The molecule has 1 fully saturated rings. The summed E-state index contributed by atoms with van der Waals surface area (Å²) in [5, 5.41) is 7.02. The van der Waals surface area contributed by atoms with Gasteiger partial charge in [0, 0.05) is 19.1 Å². The van der Waals surface area contributed by atoms with Crippen LogP contribution in [0.15, 0.2) is 0 Å². The molecule has 0 aromatic rings. The van der Waals surface area contributed by atoms with Gasteiger partial charge >= 0.3 is 0 Å². The van der Waals surface area contributed by atoms with Gasteiger partial charge in [-0.3, -0.25) is 0 Å². The number of rotatable bonds is 11. The van der Waals surface area contributed by atoms with Gasteiger partial charge in [0.15, 0.2) is 0 Å². The first kappa shape index (κ1) is 14.0. The summed E-state index contributed by atoms with van der Waals surface area (Å²) in [5.74, 6) is 0.881. The monoisotopic (exact) mass is 226 g/mol.